The molecule has 176 valence electrons. The van der Waals surface area contributed by atoms with Crippen molar-refractivity contribution in [1.29, 1.82) is 0 Å². The Labute approximate surface area is 190 Å². The van der Waals surface area contributed by atoms with Crippen LogP contribution in [0.3, 0.4) is 0 Å². The Morgan fingerprint density at radius 1 is 1.21 bits per heavy atom. The lowest BCUT2D eigenvalue weighted by Gasteiger charge is -2.44. The predicted octanol–water partition coefficient (Wildman–Crippen LogP) is -0.564. The number of piperidine rings is 1. The number of aromatic nitrogens is 2. The number of para-hydroxylation sites is 2. The van der Waals surface area contributed by atoms with Gasteiger partial charge in [0.25, 0.3) is 17.7 Å². The maximum absolute atomic E-state index is 12.8. The van der Waals surface area contributed by atoms with Crippen LogP contribution in [0.4, 0.5) is 5.69 Å². The molecule has 1 saturated heterocycles. The number of methoxy groups -OCH3 is 1. The van der Waals surface area contributed by atoms with Gasteiger partial charge < -0.3 is 30.5 Å². The number of hydrogen-bond donors (Lipinski definition) is 4. The Kier molecular flexibility index (Phi) is 6.09. The molecule has 2 aliphatic heterocycles. The van der Waals surface area contributed by atoms with Gasteiger partial charge in [-0.15, -0.1) is 0 Å². The van der Waals surface area contributed by atoms with Crippen molar-refractivity contribution in [3.8, 4) is 5.75 Å². The van der Waals surface area contributed by atoms with E-state index in [1.165, 1.54) is 12.0 Å². The maximum atomic E-state index is 12.8. The standard InChI is InChI=1S/C22H27N5O6/c1-26-12-13-11-22(24-19(30)16(13)25-26)7-9-27(10-8-22)21(32)18(29)17(28)20(31)23-14-5-3-4-6-15(14)33-2/h3-6,12,17-18,28-29H,7-11H2,1-2H3,(H,23,31)(H,24,30)/t17-,18-/m0/s1. The van der Waals surface area contributed by atoms with Crippen LogP contribution in [0.15, 0.2) is 30.5 Å². The lowest BCUT2D eigenvalue weighted by molar-refractivity contribution is -0.152. The number of aliphatic hydroxyl groups excluding tert-OH is 2. The van der Waals surface area contributed by atoms with Crippen LogP contribution in [0.5, 0.6) is 5.75 Å². The highest BCUT2D eigenvalue weighted by Gasteiger charge is 2.44. The molecular formula is C22H27N5O6. The van der Waals surface area contributed by atoms with Crippen LogP contribution >= 0.6 is 0 Å². The number of benzene rings is 1. The van der Waals surface area contributed by atoms with Gasteiger partial charge in [-0.2, -0.15) is 5.10 Å². The second kappa shape index (κ2) is 8.83. The number of nitrogens with zero attached hydrogens (tertiary/aromatic N) is 3. The van der Waals surface area contributed by atoms with E-state index < -0.39 is 29.6 Å². The molecule has 2 aromatic rings. The lowest BCUT2D eigenvalue weighted by atomic mass is 9.79. The number of nitrogens with one attached hydrogen (secondary N) is 2. The highest BCUT2D eigenvalue weighted by Crippen LogP contribution is 2.32. The summed E-state index contributed by atoms with van der Waals surface area (Å²) in [5.41, 5.74) is 1.10. The van der Waals surface area contributed by atoms with Crippen LogP contribution in [-0.4, -0.2) is 80.6 Å². The van der Waals surface area contributed by atoms with Gasteiger partial charge in [-0.05, 0) is 31.4 Å². The first-order valence-corrected chi connectivity index (χ1v) is 10.7. The molecule has 11 heteroatoms. The van der Waals surface area contributed by atoms with Crippen LogP contribution in [-0.2, 0) is 23.1 Å². The molecule has 0 radical (unpaired) electrons. The second-order valence-corrected chi connectivity index (χ2v) is 8.49. The topological polar surface area (TPSA) is 146 Å². The summed E-state index contributed by atoms with van der Waals surface area (Å²) in [5, 5.41) is 30.3. The average Bonchev–Trinajstić information content (AvgIpc) is 3.18. The van der Waals surface area contributed by atoms with Gasteiger partial charge in [-0.25, -0.2) is 0 Å². The molecular weight excluding hydrogens is 430 g/mol. The minimum Gasteiger partial charge on any atom is -0.495 e. The number of hydrogen-bond acceptors (Lipinski definition) is 7. The molecule has 0 bridgehead atoms. The summed E-state index contributed by atoms with van der Waals surface area (Å²) in [4.78, 5) is 39.0. The predicted molar refractivity (Wildman–Crippen MR) is 117 cm³/mol. The number of aliphatic hydroxyl groups is 2. The van der Waals surface area contributed by atoms with Crippen LogP contribution in [0, 0.1) is 0 Å². The molecule has 4 N–H and O–H groups in total. The molecule has 0 saturated carbocycles. The van der Waals surface area contributed by atoms with E-state index >= 15 is 0 Å². The molecule has 33 heavy (non-hydrogen) atoms. The molecule has 4 rings (SSSR count). The average molecular weight is 457 g/mol. The molecule has 1 spiro atoms. The fourth-order valence-corrected chi connectivity index (χ4v) is 4.44. The van der Waals surface area contributed by atoms with Crippen molar-refractivity contribution >= 4 is 23.4 Å². The third-order valence-electron chi connectivity index (χ3n) is 6.24. The van der Waals surface area contributed by atoms with E-state index in [2.05, 4.69) is 15.7 Å². The lowest BCUT2D eigenvalue weighted by Crippen LogP contribution is -2.61. The number of rotatable bonds is 5. The number of carbonyl (C=O) groups is 3. The zero-order valence-corrected chi connectivity index (χ0v) is 18.4. The molecule has 0 unspecified atom stereocenters. The summed E-state index contributed by atoms with van der Waals surface area (Å²) >= 11 is 0. The van der Waals surface area contributed by atoms with Crippen LogP contribution in [0.2, 0.25) is 0 Å². The molecule has 2 aliphatic rings. The number of fused-ring (bicyclic) bond motifs is 1. The monoisotopic (exact) mass is 457 g/mol. The molecule has 1 aromatic heterocycles. The summed E-state index contributed by atoms with van der Waals surface area (Å²) < 4.78 is 6.75. The van der Waals surface area contributed by atoms with Gasteiger partial charge in [0.1, 0.15) is 5.75 Å². The van der Waals surface area contributed by atoms with Gasteiger partial charge in [0.05, 0.1) is 12.8 Å². The minimum absolute atomic E-state index is 0.236. The number of carbonyl (C=O) groups excluding carboxylic acids is 3. The van der Waals surface area contributed by atoms with E-state index in [1.807, 2.05) is 6.20 Å². The fourth-order valence-electron chi connectivity index (χ4n) is 4.44. The molecule has 11 nitrogen and oxygen atoms in total. The van der Waals surface area contributed by atoms with E-state index in [0.717, 1.165) is 5.56 Å². The summed E-state index contributed by atoms with van der Waals surface area (Å²) in [6.07, 6.45) is -0.473. The zero-order valence-electron chi connectivity index (χ0n) is 18.4. The Morgan fingerprint density at radius 2 is 1.91 bits per heavy atom. The second-order valence-electron chi connectivity index (χ2n) is 8.49. The molecule has 2 atom stereocenters. The van der Waals surface area contributed by atoms with Gasteiger partial charge >= 0.3 is 0 Å². The number of ether oxygens (including phenoxy) is 1. The number of anilines is 1. The summed E-state index contributed by atoms with van der Waals surface area (Å²) in [5.74, 6) is -1.51. The molecule has 1 aromatic carbocycles. The quantitative estimate of drug-likeness (QED) is 0.471. The summed E-state index contributed by atoms with van der Waals surface area (Å²) in [7, 11) is 3.20. The Morgan fingerprint density at radius 3 is 2.61 bits per heavy atom. The van der Waals surface area contributed by atoms with Crippen molar-refractivity contribution in [2.24, 2.45) is 7.05 Å². The number of aryl methyl sites for hydroxylation is 1. The third kappa shape index (κ3) is 4.41. The first-order chi connectivity index (χ1) is 15.7. The molecule has 3 heterocycles. The molecule has 0 aliphatic carbocycles. The minimum atomic E-state index is -1.95. The van der Waals surface area contributed by atoms with E-state index in [0.29, 0.717) is 36.4 Å². The largest absolute Gasteiger partial charge is 0.495 e. The smallest absolute Gasteiger partial charge is 0.272 e. The van der Waals surface area contributed by atoms with Crippen LogP contribution < -0.4 is 15.4 Å². The highest BCUT2D eigenvalue weighted by molar-refractivity contribution is 5.99. The summed E-state index contributed by atoms with van der Waals surface area (Å²) in [6.45, 7) is 0.541. The van der Waals surface area contributed by atoms with Gasteiger partial charge in [0.2, 0.25) is 0 Å². The number of likely N-dealkylation sites (tertiary alicyclic amines) is 1. The van der Waals surface area contributed by atoms with Crippen molar-refractivity contribution in [1.82, 2.24) is 20.0 Å². The SMILES string of the molecule is COc1ccccc1NC(=O)[C@@H](O)[C@H](O)C(=O)N1CCC2(CC1)Cc1cn(C)nc1C(=O)N2. The van der Waals surface area contributed by atoms with Gasteiger partial charge in [0, 0.05) is 37.4 Å². The van der Waals surface area contributed by atoms with Gasteiger partial charge in [0.15, 0.2) is 17.9 Å². The third-order valence-corrected chi connectivity index (χ3v) is 6.24. The fraction of sp³-hybridized carbons (Fsp3) is 0.455. The first-order valence-electron chi connectivity index (χ1n) is 10.7. The zero-order chi connectivity index (χ0) is 23.8. The maximum Gasteiger partial charge on any atom is 0.272 e. The molecule has 3 amide bonds. The van der Waals surface area contributed by atoms with Crippen molar-refractivity contribution in [3.63, 3.8) is 0 Å². The number of amides is 3. The van der Waals surface area contributed by atoms with Crippen molar-refractivity contribution in [3.05, 3.63) is 41.7 Å². The first kappa shape index (κ1) is 22.7. The summed E-state index contributed by atoms with van der Waals surface area (Å²) in [6, 6.07) is 6.60. The van der Waals surface area contributed by atoms with Crippen LogP contribution in [0.1, 0.15) is 28.9 Å². The normalized spacial score (nSPS) is 18.8. The van der Waals surface area contributed by atoms with Crippen molar-refractivity contribution in [2.45, 2.75) is 37.0 Å². The van der Waals surface area contributed by atoms with Crippen molar-refractivity contribution < 1.29 is 29.3 Å². The van der Waals surface area contributed by atoms with E-state index in [1.54, 1.807) is 36.0 Å². The van der Waals surface area contributed by atoms with Gasteiger partial charge in [-0.1, -0.05) is 12.1 Å². The van der Waals surface area contributed by atoms with Crippen molar-refractivity contribution in [2.75, 3.05) is 25.5 Å². The molecule has 1 fully saturated rings. The Bertz CT molecular complexity index is 1070. The van der Waals surface area contributed by atoms with Gasteiger partial charge in [-0.3, -0.25) is 19.1 Å². The Hall–Kier alpha value is -3.44. The van der Waals surface area contributed by atoms with E-state index in [-0.39, 0.29) is 19.0 Å². The Balaban J connectivity index is 1.36. The van der Waals surface area contributed by atoms with Crippen LogP contribution in [0.25, 0.3) is 0 Å². The van der Waals surface area contributed by atoms with E-state index in [4.69, 9.17) is 4.74 Å². The van der Waals surface area contributed by atoms with E-state index in [9.17, 15) is 24.6 Å². The highest BCUT2D eigenvalue weighted by atomic mass is 16.5.